The Labute approximate surface area is 179 Å². The van der Waals surface area contributed by atoms with Crippen molar-refractivity contribution >= 4 is 28.5 Å². The maximum Gasteiger partial charge on any atom is 0.231 e. The monoisotopic (exact) mass is 415 g/mol. The first-order chi connectivity index (χ1) is 15.1. The van der Waals surface area contributed by atoms with E-state index >= 15 is 0 Å². The molecule has 0 radical (unpaired) electrons. The van der Waals surface area contributed by atoms with E-state index in [1.54, 1.807) is 57.7 Å². The highest BCUT2D eigenvalue weighted by Crippen LogP contribution is 2.34. The average Bonchev–Trinajstić information content (AvgIpc) is 3.25. The Morgan fingerprint density at radius 2 is 1.65 bits per heavy atom. The molecule has 0 atom stereocenters. The number of ether oxygens (including phenoxy) is 3. The third-order valence-corrected chi connectivity index (χ3v) is 4.85. The number of hydrogen-bond acceptors (Lipinski definition) is 6. The highest BCUT2D eigenvalue weighted by molar-refractivity contribution is 6.31. The number of hydrogen-bond donors (Lipinski definition) is 0. The Bertz CT molecular complexity index is 1220. The van der Waals surface area contributed by atoms with Gasteiger partial charge in [0.1, 0.15) is 11.3 Å². The molecular weight excluding hydrogens is 394 g/mol. The molecule has 4 aromatic rings. The summed E-state index contributed by atoms with van der Waals surface area (Å²) in [4.78, 5) is 18.0. The molecular formula is C25H21NO5. The molecule has 0 bridgehead atoms. The summed E-state index contributed by atoms with van der Waals surface area (Å²) in [6.07, 6.45) is 1.71. The first kappa shape index (κ1) is 20.2. The Morgan fingerprint density at radius 3 is 2.32 bits per heavy atom. The third kappa shape index (κ3) is 4.00. The van der Waals surface area contributed by atoms with Crippen LogP contribution in [0.1, 0.15) is 21.8 Å². The van der Waals surface area contributed by atoms with Crippen LogP contribution in [-0.2, 0) is 0 Å². The van der Waals surface area contributed by atoms with Crippen molar-refractivity contribution in [2.75, 3.05) is 21.3 Å². The van der Waals surface area contributed by atoms with E-state index < -0.39 is 0 Å². The predicted octanol–water partition coefficient (Wildman–Crippen LogP) is 5.28. The highest BCUT2D eigenvalue weighted by Gasteiger charge is 2.21. The molecule has 1 heterocycles. The van der Waals surface area contributed by atoms with E-state index in [2.05, 4.69) is 4.98 Å². The molecule has 6 heteroatoms. The van der Waals surface area contributed by atoms with Crippen molar-refractivity contribution in [2.45, 2.75) is 0 Å². The zero-order chi connectivity index (χ0) is 21.8. The molecule has 1 aromatic heterocycles. The number of Topliss-reactive ketones (excluding diaryl/α,β-unsaturated/α-hetero) is 1. The van der Waals surface area contributed by atoms with E-state index in [-0.39, 0.29) is 11.7 Å². The number of para-hydroxylation sites is 3. The smallest absolute Gasteiger partial charge is 0.231 e. The predicted molar refractivity (Wildman–Crippen MR) is 119 cm³/mol. The van der Waals surface area contributed by atoms with Crippen molar-refractivity contribution in [3.63, 3.8) is 0 Å². The van der Waals surface area contributed by atoms with Crippen LogP contribution in [0.4, 0.5) is 0 Å². The van der Waals surface area contributed by atoms with E-state index in [1.165, 1.54) is 0 Å². The molecule has 3 aromatic carbocycles. The summed E-state index contributed by atoms with van der Waals surface area (Å²) in [5, 5.41) is 0. The number of fused-ring (bicyclic) bond motifs is 1. The maximum atomic E-state index is 13.5. The van der Waals surface area contributed by atoms with Gasteiger partial charge in [0.25, 0.3) is 0 Å². The number of aromatic nitrogens is 1. The van der Waals surface area contributed by atoms with Gasteiger partial charge in [-0.05, 0) is 48.5 Å². The molecule has 6 nitrogen and oxygen atoms in total. The SMILES string of the molecule is COc1ccc(C(=O)C(=Cc2cccc(OC)c2OC)c2nc3ccccc3o2)cc1. The zero-order valence-corrected chi connectivity index (χ0v) is 17.4. The van der Waals surface area contributed by atoms with Crippen molar-refractivity contribution in [3.8, 4) is 17.2 Å². The normalized spacial score (nSPS) is 11.4. The standard InChI is InChI=1S/C25H21NO5/c1-28-18-13-11-16(12-14-18)23(27)19(25-26-20-8-4-5-9-21(20)31-25)15-17-7-6-10-22(29-2)24(17)30-3/h4-15H,1-3H3. The molecule has 31 heavy (non-hydrogen) atoms. The van der Waals surface area contributed by atoms with Crippen molar-refractivity contribution in [1.82, 2.24) is 4.98 Å². The van der Waals surface area contributed by atoms with Gasteiger partial charge in [-0.25, -0.2) is 4.98 Å². The summed E-state index contributed by atoms with van der Waals surface area (Å²) in [5.41, 5.74) is 2.72. The van der Waals surface area contributed by atoms with Gasteiger partial charge >= 0.3 is 0 Å². The topological polar surface area (TPSA) is 70.8 Å². The molecule has 0 saturated heterocycles. The minimum Gasteiger partial charge on any atom is -0.497 e. The van der Waals surface area contributed by atoms with Crippen LogP contribution in [0.15, 0.2) is 71.1 Å². The van der Waals surface area contributed by atoms with Crippen molar-refractivity contribution in [2.24, 2.45) is 0 Å². The van der Waals surface area contributed by atoms with Crippen LogP contribution in [0.3, 0.4) is 0 Å². The Hall–Kier alpha value is -4.06. The van der Waals surface area contributed by atoms with Crippen LogP contribution < -0.4 is 14.2 Å². The van der Waals surface area contributed by atoms with Crippen molar-refractivity contribution < 1.29 is 23.4 Å². The summed E-state index contributed by atoms with van der Waals surface area (Å²) in [6, 6.07) is 19.7. The van der Waals surface area contributed by atoms with E-state index in [0.29, 0.717) is 45.0 Å². The number of ketones is 1. The van der Waals surface area contributed by atoms with Gasteiger partial charge in [-0.3, -0.25) is 4.79 Å². The molecule has 0 fully saturated rings. The van der Waals surface area contributed by atoms with Crippen LogP contribution in [0, 0.1) is 0 Å². The van der Waals surface area contributed by atoms with Gasteiger partial charge in [0.05, 0.1) is 26.9 Å². The molecule has 0 amide bonds. The lowest BCUT2D eigenvalue weighted by molar-refractivity contribution is 0.105. The van der Waals surface area contributed by atoms with E-state index in [9.17, 15) is 4.79 Å². The lowest BCUT2D eigenvalue weighted by Gasteiger charge is -2.11. The minimum atomic E-state index is -0.237. The molecule has 0 spiro atoms. The van der Waals surface area contributed by atoms with Gasteiger partial charge in [-0.1, -0.05) is 24.3 Å². The number of nitrogens with zero attached hydrogens (tertiary/aromatic N) is 1. The molecule has 0 saturated carbocycles. The molecule has 0 unspecified atom stereocenters. The molecule has 156 valence electrons. The first-order valence-electron chi connectivity index (χ1n) is 9.62. The van der Waals surface area contributed by atoms with Gasteiger partial charge in [0.2, 0.25) is 5.89 Å². The first-order valence-corrected chi connectivity index (χ1v) is 9.62. The Balaban J connectivity index is 1.88. The van der Waals surface area contributed by atoms with E-state index in [4.69, 9.17) is 18.6 Å². The Morgan fingerprint density at radius 1 is 0.871 bits per heavy atom. The number of benzene rings is 3. The second-order valence-electron chi connectivity index (χ2n) is 6.69. The molecule has 0 aliphatic rings. The van der Waals surface area contributed by atoms with Gasteiger partial charge in [-0.2, -0.15) is 0 Å². The van der Waals surface area contributed by atoms with Crippen LogP contribution in [0.25, 0.3) is 22.7 Å². The largest absolute Gasteiger partial charge is 0.497 e. The average molecular weight is 415 g/mol. The number of oxazole rings is 1. The van der Waals surface area contributed by atoms with Gasteiger partial charge < -0.3 is 18.6 Å². The number of rotatable bonds is 7. The van der Waals surface area contributed by atoms with Gasteiger partial charge in [0, 0.05) is 11.1 Å². The van der Waals surface area contributed by atoms with E-state index in [0.717, 1.165) is 0 Å². The molecule has 4 rings (SSSR count). The fraction of sp³-hybridized carbons (Fsp3) is 0.120. The fourth-order valence-corrected chi connectivity index (χ4v) is 3.29. The van der Waals surface area contributed by atoms with Gasteiger partial charge in [-0.15, -0.1) is 0 Å². The van der Waals surface area contributed by atoms with Crippen LogP contribution in [-0.4, -0.2) is 32.1 Å². The Kier molecular flexibility index (Phi) is 5.71. The van der Waals surface area contributed by atoms with Crippen molar-refractivity contribution in [3.05, 3.63) is 83.7 Å². The fourth-order valence-electron chi connectivity index (χ4n) is 3.29. The minimum absolute atomic E-state index is 0.229. The van der Waals surface area contributed by atoms with Crippen LogP contribution in [0.2, 0.25) is 0 Å². The third-order valence-electron chi connectivity index (χ3n) is 4.85. The summed E-state index contributed by atoms with van der Waals surface area (Å²) < 4.78 is 22.0. The number of methoxy groups -OCH3 is 3. The second kappa shape index (κ2) is 8.75. The number of carbonyl (C=O) groups excluding carboxylic acids is 1. The lowest BCUT2D eigenvalue weighted by atomic mass is 10.00. The number of carbonyl (C=O) groups is 1. The second-order valence-corrected chi connectivity index (χ2v) is 6.69. The highest BCUT2D eigenvalue weighted by atomic mass is 16.5. The van der Waals surface area contributed by atoms with E-state index in [1.807, 2.05) is 36.4 Å². The maximum absolute atomic E-state index is 13.5. The quantitative estimate of drug-likeness (QED) is 0.302. The summed E-state index contributed by atoms with van der Waals surface area (Å²) >= 11 is 0. The molecule has 0 N–H and O–H groups in total. The van der Waals surface area contributed by atoms with Crippen molar-refractivity contribution in [1.29, 1.82) is 0 Å². The molecule has 0 aliphatic heterocycles. The van der Waals surface area contributed by atoms with Gasteiger partial charge in [0.15, 0.2) is 22.9 Å². The van der Waals surface area contributed by atoms with Crippen LogP contribution in [0.5, 0.6) is 17.2 Å². The lowest BCUT2D eigenvalue weighted by Crippen LogP contribution is -2.04. The zero-order valence-electron chi connectivity index (χ0n) is 17.4. The summed E-state index contributed by atoms with van der Waals surface area (Å²) in [5.74, 6) is 1.73. The summed E-state index contributed by atoms with van der Waals surface area (Å²) in [6.45, 7) is 0. The van der Waals surface area contributed by atoms with Crippen LogP contribution >= 0.6 is 0 Å². The summed E-state index contributed by atoms with van der Waals surface area (Å²) in [7, 11) is 4.70. The number of allylic oxidation sites excluding steroid dienone is 1. The molecule has 0 aliphatic carbocycles.